The van der Waals surface area contributed by atoms with Gasteiger partial charge in [0.05, 0.1) is 5.56 Å². The lowest BCUT2D eigenvalue weighted by Crippen LogP contribution is -2.42. The van der Waals surface area contributed by atoms with Gasteiger partial charge >= 0.3 is 0 Å². The zero-order valence-corrected chi connectivity index (χ0v) is 8.03. The molecule has 76 valence electrons. The van der Waals surface area contributed by atoms with Crippen LogP contribution in [0.25, 0.3) is 0 Å². The van der Waals surface area contributed by atoms with Crippen LogP contribution in [0.5, 0.6) is 0 Å². The second kappa shape index (κ2) is 3.95. The van der Waals surface area contributed by atoms with Crippen LogP contribution in [-0.4, -0.2) is 17.9 Å². The maximum Gasteiger partial charge on any atom is 0.255 e. The Morgan fingerprint density at radius 3 is 2.64 bits per heavy atom. The van der Waals surface area contributed by atoms with Crippen molar-refractivity contribution in [2.75, 3.05) is 0 Å². The van der Waals surface area contributed by atoms with Crippen LogP contribution in [0.2, 0.25) is 0 Å². The molecule has 0 bridgehead atoms. The Kier molecular flexibility index (Phi) is 2.91. The van der Waals surface area contributed by atoms with Crippen LogP contribution < -0.4 is 11.1 Å². The largest absolute Gasteiger partial charge is 0.469 e. The van der Waals surface area contributed by atoms with Crippen molar-refractivity contribution in [3.05, 3.63) is 23.7 Å². The zero-order chi connectivity index (χ0) is 10.7. The molecular weight excluding hydrogens is 184 g/mol. The Hall–Kier alpha value is -1.78. The van der Waals surface area contributed by atoms with Crippen molar-refractivity contribution in [3.8, 4) is 0 Å². The van der Waals surface area contributed by atoms with E-state index in [1.54, 1.807) is 13.0 Å². The Balaban J connectivity index is 2.63. The monoisotopic (exact) mass is 196 g/mol. The number of rotatable bonds is 3. The number of amides is 2. The summed E-state index contributed by atoms with van der Waals surface area (Å²) >= 11 is 0. The molecule has 0 aliphatic rings. The molecule has 2 amide bonds. The first kappa shape index (κ1) is 10.3. The maximum atomic E-state index is 11.4. The Bertz CT molecular complexity index is 357. The molecule has 0 aliphatic heterocycles. The van der Waals surface area contributed by atoms with Crippen LogP contribution in [0.1, 0.15) is 23.0 Å². The highest BCUT2D eigenvalue weighted by molar-refractivity contribution is 5.96. The molecule has 0 unspecified atom stereocenters. The molecule has 0 aromatic carbocycles. The summed E-state index contributed by atoms with van der Waals surface area (Å²) in [7, 11) is 0. The number of nitrogens with two attached hydrogens (primary N) is 1. The molecule has 0 fully saturated rings. The molecule has 1 aromatic heterocycles. The Morgan fingerprint density at radius 1 is 1.57 bits per heavy atom. The van der Waals surface area contributed by atoms with E-state index in [-0.39, 0.29) is 5.91 Å². The highest BCUT2D eigenvalue weighted by Gasteiger charge is 2.14. The van der Waals surface area contributed by atoms with E-state index in [4.69, 9.17) is 10.2 Å². The summed E-state index contributed by atoms with van der Waals surface area (Å²) in [6.07, 6.45) is 1.33. The highest BCUT2D eigenvalue weighted by Crippen LogP contribution is 2.05. The van der Waals surface area contributed by atoms with E-state index in [1.165, 1.54) is 13.2 Å². The predicted octanol–water partition coefficient (Wildman–Crippen LogP) is 0.192. The first-order chi connectivity index (χ1) is 6.50. The van der Waals surface area contributed by atoms with Crippen molar-refractivity contribution in [2.45, 2.75) is 19.9 Å². The van der Waals surface area contributed by atoms with Crippen LogP contribution in [0.15, 0.2) is 16.7 Å². The van der Waals surface area contributed by atoms with E-state index in [2.05, 4.69) is 5.32 Å². The van der Waals surface area contributed by atoms with Gasteiger partial charge in [-0.3, -0.25) is 9.59 Å². The number of nitrogens with one attached hydrogen (secondary N) is 1. The fraction of sp³-hybridized carbons (Fsp3) is 0.333. The zero-order valence-electron chi connectivity index (χ0n) is 8.03. The van der Waals surface area contributed by atoms with Gasteiger partial charge in [-0.2, -0.15) is 0 Å². The maximum absolute atomic E-state index is 11.4. The van der Waals surface area contributed by atoms with Gasteiger partial charge in [0.25, 0.3) is 5.91 Å². The average molecular weight is 196 g/mol. The minimum atomic E-state index is -0.683. The van der Waals surface area contributed by atoms with Gasteiger partial charge in [0.2, 0.25) is 5.91 Å². The van der Waals surface area contributed by atoms with Crippen LogP contribution >= 0.6 is 0 Å². The lowest BCUT2D eigenvalue weighted by Gasteiger charge is -2.07. The Morgan fingerprint density at radius 2 is 2.21 bits per heavy atom. The van der Waals surface area contributed by atoms with Crippen molar-refractivity contribution < 1.29 is 14.0 Å². The Labute approximate surface area is 81.3 Å². The molecule has 0 saturated carbocycles. The van der Waals surface area contributed by atoms with Gasteiger partial charge in [-0.05, 0) is 19.9 Å². The fourth-order valence-electron chi connectivity index (χ4n) is 0.914. The van der Waals surface area contributed by atoms with E-state index in [0.29, 0.717) is 11.3 Å². The lowest BCUT2D eigenvalue weighted by molar-refractivity contribution is -0.119. The summed E-state index contributed by atoms with van der Waals surface area (Å²) in [5.74, 6) is -0.298. The molecule has 5 nitrogen and oxygen atoms in total. The van der Waals surface area contributed by atoms with Gasteiger partial charge in [-0.1, -0.05) is 0 Å². The van der Waals surface area contributed by atoms with Gasteiger partial charge in [-0.15, -0.1) is 0 Å². The van der Waals surface area contributed by atoms with Gasteiger partial charge in [0.15, 0.2) is 0 Å². The van der Waals surface area contributed by atoms with Crippen molar-refractivity contribution in [1.82, 2.24) is 5.32 Å². The molecule has 14 heavy (non-hydrogen) atoms. The fourth-order valence-corrected chi connectivity index (χ4v) is 0.914. The number of primary amides is 1. The first-order valence-corrected chi connectivity index (χ1v) is 4.16. The molecule has 0 aliphatic carbocycles. The number of aryl methyl sites for hydroxylation is 1. The lowest BCUT2D eigenvalue weighted by atomic mass is 10.2. The molecule has 1 atom stereocenters. The van der Waals surface area contributed by atoms with E-state index in [1.807, 2.05) is 0 Å². The second-order valence-corrected chi connectivity index (χ2v) is 3.04. The van der Waals surface area contributed by atoms with Crippen LogP contribution in [0, 0.1) is 6.92 Å². The first-order valence-electron chi connectivity index (χ1n) is 4.16. The predicted molar refractivity (Wildman–Crippen MR) is 49.6 cm³/mol. The number of hydrogen-bond donors (Lipinski definition) is 2. The number of furan rings is 1. The molecule has 1 aromatic rings. The van der Waals surface area contributed by atoms with Crippen molar-refractivity contribution in [2.24, 2.45) is 5.73 Å². The smallest absolute Gasteiger partial charge is 0.255 e. The molecule has 1 heterocycles. The summed E-state index contributed by atoms with van der Waals surface area (Å²) in [6, 6.07) is 0.904. The average Bonchev–Trinajstić information content (AvgIpc) is 2.51. The summed E-state index contributed by atoms with van der Waals surface area (Å²) in [4.78, 5) is 22.0. The highest BCUT2D eigenvalue weighted by atomic mass is 16.3. The van der Waals surface area contributed by atoms with Crippen LogP contribution in [0.3, 0.4) is 0 Å². The molecule has 1 rings (SSSR count). The number of carbonyl (C=O) groups is 2. The summed E-state index contributed by atoms with van der Waals surface area (Å²) in [6.45, 7) is 3.25. The third kappa shape index (κ3) is 2.35. The van der Waals surface area contributed by atoms with Crippen LogP contribution in [-0.2, 0) is 4.79 Å². The third-order valence-electron chi connectivity index (χ3n) is 1.77. The van der Waals surface area contributed by atoms with Crippen molar-refractivity contribution in [1.29, 1.82) is 0 Å². The SMILES string of the molecule is Cc1cc(C(=O)N[C@@H](C)C(N)=O)co1. The molecule has 0 spiro atoms. The normalized spacial score (nSPS) is 12.1. The molecule has 0 saturated heterocycles. The van der Waals surface area contributed by atoms with Crippen molar-refractivity contribution >= 4 is 11.8 Å². The standard InChI is InChI=1S/C9H12N2O3/c1-5-3-7(4-14-5)9(13)11-6(2)8(10)12/h3-4,6H,1-2H3,(H2,10,12)(H,11,13)/t6-/m0/s1. The van der Waals surface area contributed by atoms with E-state index in [9.17, 15) is 9.59 Å². The molecule has 3 N–H and O–H groups in total. The molecule has 5 heteroatoms. The number of carbonyl (C=O) groups excluding carboxylic acids is 2. The molecular formula is C9H12N2O3. The van der Waals surface area contributed by atoms with Gasteiger partial charge in [0.1, 0.15) is 18.1 Å². The van der Waals surface area contributed by atoms with Gasteiger partial charge in [-0.25, -0.2) is 0 Å². The summed E-state index contributed by atoms with van der Waals surface area (Å²) in [5.41, 5.74) is 5.38. The topological polar surface area (TPSA) is 85.3 Å². The number of hydrogen-bond acceptors (Lipinski definition) is 3. The second-order valence-electron chi connectivity index (χ2n) is 3.04. The van der Waals surface area contributed by atoms with Gasteiger partial charge in [0, 0.05) is 0 Å². The van der Waals surface area contributed by atoms with Crippen LogP contribution in [0.4, 0.5) is 0 Å². The van der Waals surface area contributed by atoms with E-state index in [0.717, 1.165) is 0 Å². The van der Waals surface area contributed by atoms with E-state index < -0.39 is 11.9 Å². The minimum absolute atomic E-state index is 0.367. The summed E-state index contributed by atoms with van der Waals surface area (Å²) in [5, 5.41) is 2.44. The third-order valence-corrected chi connectivity index (χ3v) is 1.77. The molecule has 0 radical (unpaired) electrons. The quantitative estimate of drug-likeness (QED) is 0.723. The summed E-state index contributed by atoms with van der Waals surface area (Å²) < 4.78 is 4.95. The van der Waals surface area contributed by atoms with E-state index >= 15 is 0 Å². The minimum Gasteiger partial charge on any atom is -0.469 e. The van der Waals surface area contributed by atoms with Crippen molar-refractivity contribution in [3.63, 3.8) is 0 Å². The van der Waals surface area contributed by atoms with Gasteiger partial charge < -0.3 is 15.5 Å².